The third kappa shape index (κ3) is 6.05. The second-order valence-corrected chi connectivity index (χ2v) is 9.76. The number of amides is 1. The Bertz CT molecular complexity index is 1640. The number of halogens is 1. The number of phenols is 1. The van der Waals surface area contributed by atoms with Crippen molar-refractivity contribution in [3.05, 3.63) is 95.5 Å². The second-order valence-electron chi connectivity index (χ2n) is 8.38. The summed E-state index contributed by atoms with van der Waals surface area (Å²) in [6.45, 7) is 2.50. The third-order valence-corrected chi connectivity index (χ3v) is 6.99. The van der Waals surface area contributed by atoms with Gasteiger partial charge < -0.3 is 9.84 Å². The number of carbonyl (C=O) groups is 1. The molecule has 0 saturated carbocycles. The molecule has 0 aliphatic carbocycles. The molecule has 0 radical (unpaired) electrons. The minimum Gasteiger partial charge on any atom is -0.507 e. The van der Waals surface area contributed by atoms with Gasteiger partial charge in [0.05, 0.1) is 18.6 Å². The zero-order valence-electron chi connectivity index (χ0n) is 20.9. The number of aromatic hydroxyl groups is 1. The molecule has 5 aromatic rings. The zero-order valence-corrected chi connectivity index (χ0v) is 22.5. The summed E-state index contributed by atoms with van der Waals surface area (Å²) < 4.78 is 7.46. The molecule has 196 valence electrons. The number of hydrogen-bond donors (Lipinski definition) is 2. The quantitative estimate of drug-likeness (QED) is 0.129. The molecular formula is C29H24ClN5O3S. The predicted molar refractivity (Wildman–Crippen MR) is 155 cm³/mol. The Kier molecular flexibility index (Phi) is 8.10. The first-order valence-electron chi connectivity index (χ1n) is 12.1. The number of carbonyl (C=O) groups excluding carboxylic acids is 1. The minimum atomic E-state index is -0.328. The van der Waals surface area contributed by atoms with E-state index in [1.807, 2.05) is 78.2 Å². The van der Waals surface area contributed by atoms with Crippen molar-refractivity contribution in [2.75, 3.05) is 12.4 Å². The van der Waals surface area contributed by atoms with Crippen molar-refractivity contribution in [1.29, 1.82) is 0 Å². The van der Waals surface area contributed by atoms with Crippen LogP contribution < -0.4 is 10.2 Å². The van der Waals surface area contributed by atoms with Gasteiger partial charge in [0, 0.05) is 21.8 Å². The molecule has 2 N–H and O–H groups in total. The lowest BCUT2D eigenvalue weighted by atomic mass is 10.0. The fourth-order valence-electron chi connectivity index (χ4n) is 3.99. The SMILES string of the molecule is CCOc1ccc(-n2c(SCC(=O)NN=Cc3c(O)ccc4ccccc34)nnc2-c2ccc(Cl)cc2)cc1. The van der Waals surface area contributed by atoms with Gasteiger partial charge in [-0.05, 0) is 72.3 Å². The van der Waals surface area contributed by atoms with E-state index in [2.05, 4.69) is 20.7 Å². The standard InChI is InChI=1S/C29H24ClN5O3S/c1-2-38-23-14-12-22(13-15-23)35-28(20-7-10-21(30)11-8-20)33-34-29(35)39-18-27(37)32-31-17-25-24-6-4-3-5-19(24)9-16-26(25)36/h3-17,36H,2,18H2,1H3,(H,32,37). The van der Waals surface area contributed by atoms with Crippen LogP contribution in [0.15, 0.2) is 95.2 Å². The van der Waals surface area contributed by atoms with Crippen LogP contribution in [0, 0.1) is 0 Å². The first-order valence-corrected chi connectivity index (χ1v) is 13.5. The number of hydrogen-bond acceptors (Lipinski definition) is 7. The van der Waals surface area contributed by atoms with Crippen LogP contribution >= 0.6 is 23.4 Å². The Hall–Kier alpha value is -4.34. The Morgan fingerprint density at radius 2 is 1.82 bits per heavy atom. The van der Waals surface area contributed by atoms with E-state index in [-0.39, 0.29) is 17.4 Å². The van der Waals surface area contributed by atoms with Gasteiger partial charge in [-0.3, -0.25) is 9.36 Å². The first kappa shape index (κ1) is 26.3. The number of hydrazone groups is 1. The fraction of sp³-hybridized carbons (Fsp3) is 0.103. The van der Waals surface area contributed by atoms with Gasteiger partial charge in [-0.1, -0.05) is 53.7 Å². The molecule has 0 saturated heterocycles. The molecule has 0 atom stereocenters. The van der Waals surface area contributed by atoms with E-state index in [4.69, 9.17) is 16.3 Å². The number of aromatic nitrogens is 3. The number of phenolic OH excluding ortho intramolecular Hbond substituents is 1. The molecule has 39 heavy (non-hydrogen) atoms. The van der Waals surface area contributed by atoms with Crippen molar-refractivity contribution in [1.82, 2.24) is 20.2 Å². The highest BCUT2D eigenvalue weighted by Gasteiger charge is 2.17. The van der Waals surface area contributed by atoms with E-state index in [1.54, 1.807) is 18.2 Å². The van der Waals surface area contributed by atoms with E-state index in [9.17, 15) is 9.90 Å². The van der Waals surface area contributed by atoms with Crippen LogP contribution in [0.2, 0.25) is 5.02 Å². The monoisotopic (exact) mass is 557 g/mol. The number of benzene rings is 4. The van der Waals surface area contributed by atoms with Crippen molar-refractivity contribution >= 4 is 46.3 Å². The van der Waals surface area contributed by atoms with Gasteiger partial charge in [0.1, 0.15) is 11.5 Å². The summed E-state index contributed by atoms with van der Waals surface area (Å²) in [6.07, 6.45) is 1.45. The highest BCUT2D eigenvalue weighted by molar-refractivity contribution is 7.99. The summed E-state index contributed by atoms with van der Waals surface area (Å²) in [5, 5.41) is 26.1. The van der Waals surface area contributed by atoms with Crippen molar-refractivity contribution < 1.29 is 14.6 Å². The van der Waals surface area contributed by atoms with Gasteiger partial charge in [0.25, 0.3) is 5.91 Å². The minimum absolute atomic E-state index is 0.0502. The molecule has 5 rings (SSSR count). The van der Waals surface area contributed by atoms with Crippen LogP contribution in [0.25, 0.3) is 27.8 Å². The summed E-state index contributed by atoms with van der Waals surface area (Å²) in [5.41, 5.74) is 4.71. The molecule has 0 fully saturated rings. The van der Waals surface area contributed by atoms with E-state index >= 15 is 0 Å². The van der Waals surface area contributed by atoms with Crippen LogP contribution in [0.5, 0.6) is 11.5 Å². The summed E-state index contributed by atoms with van der Waals surface area (Å²) in [4.78, 5) is 12.6. The van der Waals surface area contributed by atoms with E-state index in [0.717, 1.165) is 27.8 Å². The lowest BCUT2D eigenvalue weighted by Crippen LogP contribution is -2.20. The molecule has 4 aromatic carbocycles. The van der Waals surface area contributed by atoms with E-state index < -0.39 is 0 Å². The molecule has 0 bridgehead atoms. The lowest BCUT2D eigenvalue weighted by molar-refractivity contribution is -0.118. The molecule has 0 aliphatic heterocycles. The highest BCUT2D eigenvalue weighted by Crippen LogP contribution is 2.30. The van der Waals surface area contributed by atoms with Gasteiger partial charge in [-0.25, -0.2) is 5.43 Å². The number of nitrogens with zero attached hydrogens (tertiary/aromatic N) is 4. The summed E-state index contributed by atoms with van der Waals surface area (Å²) in [6, 6.07) is 26.0. The smallest absolute Gasteiger partial charge is 0.250 e. The molecule has 0 spiro atoms. The Morgan fingerprint density at radius 3 is 2.59 bits per heavy atom. The van der Waals surface area contributed by atoms with Gasteiger partial charge in [0.2, 0.25) is 0 Å². The fourth-order valence-corrected chi connectivity index (χ4v) is 4.86. The zero-order chi connectivity index (χ0) is 27.2. The predicted octanol–water partition coefficient (Wildman–Crippen LogP) is 6.09. The molecule has 1 heterocycles. The maximum Gasteiger partial charge on any atom is 0.250 e. The molecule has 0 aliphatic rings. The third-order valence-electron chi connectivity index (χ3n) is 5.80. The molecule has 10 heteroatoms. The Balaban J connectivity index is 1.34. The van der Waals surface area contributed by atoms with Crippen molar-refractivity contribution in [2.45, 2.75) is 12.1 Å². The molecule has 1 aromatic heterocycles. The van der Waals surface area contributed by atoms with Gasteiger partial charge in [0.15, 0.2) is 11.0 Å². The molecule has 8 nitrogen and oxygen atoms in total. The van der Waals surface area contributed by atoms with E-state index in [0.29, 0.717) is 28.2 Å². The van der Waals surface area contributed by atoms with E-state index in [1.165, 1.54) is 18.0 Å². The van der Waals surface area contributed by atoms with Gasteiger partial charge in [-0.15, -0.1) is 10.2 Å². The normalized spacial score (nSPS) is 11.2. The van der Waals surface area contributed by atoms with Crippen molar-refractivity contribution in [3.63, 3.8) is 0 Å². The Labute approximate surface area is 234 Å². The highest BCUT2D eigenvalue weighted by atomic mass is 35.5. The van der Waals surface area contributed by atoms with Gasteiger partial charge >= 0.3 is 0 Å². The topological polar surface area (TPSA) is 102 Å². The summed E-state index contributed by atoms with van der Waals surface area (Å²) in [5.74, 6) is 1.17. The Morgan fingerprint density at radius 1 is 1.05 bits per heavy atom. The maximum atomic E-state index is 12.6. The van der Waals surface area contributed by atoms with Crippen LogP contribution in [0.3, 0.4) is 0 Å². The average Bonchev–Trinajstić information content (AvgIpc) is 3.38. The van der Waals surface area contributed by atoms with Gasteiger partial charge in [-0.2, -0.15) is 5.10 Å². The first-order chi connectivity index (χ1) is 19.0. The molecular weight excluding hydrogens is 534 g/mol. The maximum absolute atomic E-state index is 12.6. The molecule has 0 unspecified atom stereocenters. The van der Waals surface area contributed by atoms with Crippen LogP contribution in [0.4, 0.5) is 0 Å². The average molecular weight is 558 g/mol. The number of nitrogens with one attached hydrogen (secondary N) is 1. The van der Waals surface area contributed by atoms with Crippen LogP contribution in [0.1, 0.15) is 12.5 Å². The summed E-state index contributed by atoms with van der Waals surface area (Å²) >= 11 is 7.31. The largest absolute Gasteiger partial charge is 0.507 e. The lowest BCUT2D eigenvalue weighted by Gasteiger charge is -2.11. The van der Waals surface area contributed by atoms with Crippen LogP contribution in [-0.2, 0) is 4.79 Å². The second kappa shape index (κ2) is 12.0. The van der Waals surface area contributed by atoms with Crippen LogP contribution in [-0.4, -0.2) is 44.4 Å². The number of fused-ring (bicyclic) bond motifs is 1. The number of ether oxygens (including phenoxy) is 1. The number of rotatable bonds is 9. The number of thioether (sulfide) groups is 1. The summed E-state index contributed by atoms with van der Waals surface area (Å²) in [7, 11) is 0. The van der Waals surface area contributed by atoms with Crippen molar-refractivity contribution in [2.24, 2.45) is 5.10 Å². The molecule has 1 amide bonds. The van der Waals surface area contributed by atoms with Crippen molar-refractivity contribution in [3.8, 4) is 28.6 Å².